The van der Waals surface area contributed by atoms with Crippen LogP contribution in [0.2, 0.25) is 0 Å². The molecule has 0 aliphatic carbocycles. The summed E-state index contributed by atoms with van der Waals surface area (Å²) in [6.07, 6.45) is 53.4. The van der Waals surface area contributed by atoms with Crippen LogP contribution < -0.4 is 21.9 Å². The monoisotopic (exact) mass is 684 g/mol. The number of quaternary nitrogens is 1. The van der Waals surface area contributed by atoms with Crippen LogP contribution in [0, 0.1) is 5.92 Å². The molecule has 0 amide bonds. The van der Waals surface area contributed by atoms with E-state index in [-0.39, 0.29) is 17.0 Å². The first-order valence-corrected chi connectivity index (χ1v) is 21.2. The molecule has 44 heavy (non-hydrogen) atoms. The SMILES string of the molecule is CCCCCCCCCCCCCCCCCCCC1CC[NH+](CCCCCCCCCCCCCCCCCCC)C1.[Br-]. The molecule has 0 spiro atoms. The van der Waals surface area contributed by atoms with Gasteiger partial charge < -0.3 is 21.9 Å². The van der Waals surface area contributed by atoms with E-state index in [9.17, 15) is 0 Å². The lowest BCUT2D eigenvalue weighted by molar-refractivity contribution is -0.889. The molecule has 1 aliphatic rings. The molecule has 1 heterocycles. The van der Waals surface area contributed by atoms with Crippen LogP contribution in [-0.4, -0.2) is 19.6 Å². The smallest absolute Gasteiger partial charge is 0.0801 e. The van der Waals surface area contributed by atoms with E-state index in [0.717, 1.165) is 5.92 Å². The van der Waals surface area contributed by atoms with Crippen LogP contribution in [0.3, 0.4) is 0 Å². The van der Waals surface area contributed by atoms with Crippen LogP contribution in [0.1, 0.15) is 245 Å². The molecule has 0 aromatic carbocycles. The average Bonchev–Trinajstić information content (AvgIpc) is 3.47. The Morgan fingerprint density at radius 3 is 0.955 bits per heavy atom. The second kappa shape index (κ2) is 37.9. The summed E-state index contributed by atoms with van der Waals surface area (Å²) in [5.41, 5.74) is 0. The zero-order valence-electron chi connectivity index (χ0n) is 31.0. The first-order valence-electron chi connectivity index (χ1n) is 21.2. The van der Waals surface area contributed by atoms with Gasteiger partial charge in [-0.15, -0.1) is 0 Å². The number of hydrogen-bond donors (Lipinski definition) is 1. The fourth-order valence-electron chi connectivity index (χ4n) is 7.75. The molecular weight excluding hydrogens is 598 g/mol. The number of hydrogen-bond acceptors (Lipinski definition) is 0. The number of halogens is 1. The Balaban J connectivity index is 0.0000185. The van der Waals surface area contributed by atoms with Crippen molar-refractivity contribution in [2.24, 2.45) is 5.92 Å². The highest BCUT2D eigenvalue weighted by atomic mass is 79.9. The van der Waals surface area contributed by atoms with Crippen LogP contribution in [-0.2, 0) is 0 Å². The molecule has 0 saturated carbocycles. The Morgan fingerprint density at radius 2 is 0.636 bits per heavy atom. The summed E-state index contributed by atoms with van der Waals surface area (Å²) in [7, 11) is 0. The molecule has 1 fully saturated rings. The van der Waals surface area contributed by atoms with Gasteiger partial charge in [-0.1, -0.05) is 219 Å². The molecule has 2 atom stereocenters. The summed E-state index contributed by atoms with van der Waals surface area (Å²) < 4.78 is 0. The maximum absolute atomic E-state index is 2.31. The zero-order valence-corrected chi connectivity index (χ0v) is 32.6. The molecule has 1 rings (SSSR count). The Bertz CT molecular complexity index is 464. The van der Waals surface area contributed by atoms with Crippen molar-refractivity contribution in [1.82, 2.24) is 0 Å². The fourth-order valence-corrected chi connectivity index (χ4v) is 7.75. The standard InChI is InChI=1S/C42H85N.BrH/c1-3-5-7-9-11-13-15-17-19-21-23-25-27-29-31-33-35-37-42-38-40-43(41-42)39-36-34-32-30-28-26-24-22-20-18-16-14-12-10-8-6-4-2;/h42H,3-41H2,1-2H3;1H. The number of likely N-dealkylation sites (tertiary alicyclic amines) is 1. The van der Waals surface area contributed by atoms with Gasteiger partial charge in [0.2, 0.25) is 0 Å². The first-order chi connectivity index (χ1) is 21.4. The van der Waals surface area contributed by atoms with Gasteiger partial charge in [-0.25, -0.2) is 0 Å². The average molecular weight is 685 g/mol. The van der Waals surface area contributed by atoms with Crippen LogP contribution >= 0.6 is 0 Å². The molecule has 0 aromatic heterocycles. The van der Waals surface area contributed by atoms with Crippen molar-refractivity contribution in [1.29, 1.82) is 0 Å². The molecule has 266 valence electrons. The van der Waals surface area contributed by atoms with Crippen molar-refractivity contribution in [2.75, 3.05) is 19.6 Å². The third kappa shape index (κ3) is 32.4. The summed E-state index contributed by atoms with van der Waals surface area (Å²) in [6, 6.07) is 0. The van der Waals surface area contributed by atoms with Gasteiger partial charge in [-0.05, 0) is 19.3 Å². The Labute approximate surface area is 291 Å². The van der Waals surface area contributed by atoms with Crippen molar-refractivity contribution in [3.63, 3.8) is 0 Å². The second-order valence-corrected chi connectivity index (χ2v) is 15.2. The molecule has 2 heteroatoms. The van der Waals surface area contributed by atoms with Crippen molar-refractivity contribution in [3.05, 3.63) is 0 Å². The minimum atomic E-state index is 0. The van der Waals surface area contributed by atoms with Crippen molar-refractivity contribution >= 4 is 0 Å². The predicted octanol–water partition coefficient (Wildman–Crippen LogP) is 10.6. The molecule has 1 saturated heterocycles. The normalized spacial score (nSPS) is 16.5. The minimum absolute atomic E-state index is 0. The highest BCUT2D eigenvalue weighted by molar-refractivity contribution is 4.63. The van der Waals surface area contributed by atoms with Crippen LogP contribution in [0.5, 0.6) is 0 Å². The lowest BCUT2D eigenvalue weighted by Crippen LogP contribution is -3.10. The Kier molecular flexibility index (Phi) is 38.3. The molecule has 1 aliphatic heterocycles. The predicted molar refractivity (Wildman–Crippen MR) is 197 cm³/mol. The topological polar surface area (TPSA) is 4.44 Å². The number of unbranched alkanes of at least 4 members (excludes halogenated alkanes) is 32. The maximum atomic E-state index is 2.31. The zero-order chi connectivity index (χ0) is 30.7. The van der Waals surface area contributed by atoms with E-state index in [4.69, 9.17) is 0 Å². The fraction of sp³-hybridized carbons (Fsp3) is 1.00. The van der Waals surface area contributed by atoms with Crippen molar-refractivity contribution in [3.8, 4) is 0 Å². The summed E-state index contributed by atoms with van der Waals surface area (Å²) in [5, 5.41) is 0. The van der Waals surface area contributed by atoms with E-state index in [0.29, 0.717) is 0 Å². The summed E-state index contributed by atoms with van der Waals surface area (Å²) in [4.78, 5) is 1.94. The Hall–Kier alpha value is 0.440. The van der Waals surface area contributed by atoms with E-state index in [1.165, 1.54) is 251 Å². The van der Waals surface area contributed by atoms with Gasteiger partial charge in [0.25, 0.3) is 0 Å². The van der Waals surface area contributed by atoms with Gasteiger partial charge in [0, 0.05) is 12.3 Å². The molecule has 1 nitrogen and oxygen atoms in total. The van der Waals surface area contributed by atoms with Crippen LogP contribution in [0.4, 0.5) is 0 Å². The molecular formula is C42H86BrN. The summed E-state index contributed by atoms with van der Waals surface area (Å²) >= 11 is 0. The second-order valence-electron chi connectivity index (χ2n) is 15.2. The van der Waals surface area contributed by atoms with Crippen LogP contribution in [0.15, 0.2) is 0 Å². The van der Waals surface area contributed by atoms with Crippen molar-refractivity contribution < 1.29 is 21.9 Å². The molecule has 2 unspecified atom stereocenters. The van der Waals surface area contributed by atoms with E-state index in [1.54, 1.807) is 0 Å². The van der Waals surface area contributed by atoms with Crippen molar-refractivity contribution in [2.45, 2.75) is 245 Å². The number of nitrogens with one attached hydrogen (secondary N) is 1. The molecule has 0 radical (unpaired) electrons. The third-order valence-corrected chi connectivity index (χ3v) is 10.8. The Morgan fingerprint density at radius 1 is 0.364 bits per heavy atom. The highest BCUT2D eigenvalue weighted by Crippen LogP contribution is 2.18. The van der Waals surface area contributed by atoms with E-state index < -0.39 is 0 Å². The molecule has 1 N–H and O–H groups in total. The maximum Gasteiger partial charge on any atom is 0.0801 e. The largest absolute Gasteiger partial charge is 1.00 e. The number of rotatable bonds is 36. The molecule has 0 aromatic rings. The lowest BCUT2D eigenvalue weighted by atomic mass is 9.99. The van der Waals surface area contributed by atoms with Gasteiger partial charge in [0.1, 0.15) is 0 Å². The summed E-state index contributed by atoms with van der Waals surface area (Å²) in [6.45, 7) is 9.06. The van der Waals surface area contributed by atoms with E-state index in [1.807, 2.05) is 4.90 Å². The van der Waals surface area contributed by atoms with Gasteiger partial charge in [-0.3, -0.25) is 0 Å². The highest BCUT2D eigenvalue weighted by Gasteiger charge is 2.24. The lowest BCUT2D eigenvalue weighted by Gasteiger charge is -2.13. The third-order valence-electron chi connectivity index (χ3n) is 10.8. The van der Waals surface area contributed by atoms with Gasteiger partial charge in [-0.2, -0.15) is 0 Å². The summed E-state index contributed by atoms with van der Waals surface area (Å²) in [5.74, 6) is 1.05. The first kappa shape index (κ1) is 44.4. The van der Waals surface area contributed by atoms with E-state index in [2.05, 4.69) is 13.8 Å². The van der Waals surface area contributed by atoms with Crippen LogP contribution in [0.25, 0.3) is 0 Å². The van der Waals surface area contributed by atoms with Gasteiger partial charge >= 0.3 is 0 Å². The van der Waals surface area contributed by atoms with Gasteiger partial charge in [0.05, 0.1) is 19.6 Å². The van der Waals surface area contributed by atoms with Gasteiger partial charge in [0.15, 0.2) is 0 Å². The minimum Gasteiger partial charge on any atom is -1.00 e. The van der Waals surface area contributed by atoms with E-state index >= 15 is 0 Å². The molecule has 0 bridgehead atoms. The quantitative estimate of drug-likeness (QED) is 0.0627.